The van der Waals surface area contributed by atoms with Crippen molar-refractivity contribution in [3.05, 3.63) is 78.2 Å². The number of amides is 1. The molecule has 184 valence electrons. The van der Waals surface area contributed by atoms with Crippen molar-refractivity contribution in [3.63, 3.8) is 0 Å². The molecule has 4 aromatic rings. The highest BCUT2D eigenvalue weighted by molar-refractivity contribution is 5.90. The Hall–Kier alpha value is -4.20. The van der Waals surface area contributed by atoms with Gasteiger partial charge in [-0.3, -0.25) is 0 Å². The van der Waals surface area contributed by atoms with Crippen molar-refractivity contribution in [1.29, 1.82) is 0 Å². The number of carboxylic acid groups (broad SMARTS) is 1. The molecule has 5 rings (SSSR count). The average molecular weight is 485 g/mol. The number of nitrogens with one attached hydrogen (secondary N) is 1. The van der Waals surface area contributed by atoms with E-state index in [1.165, 1.54) is 0 Å². The lowest BCUT2D eigenvalue weighted by molar-refractivity contribution is 0.0377. The highest BCUT2D eigenvalue weighted by atomic mass is 16.6. The Bertz CT molecular complexity index is 1430. The van der Waals surface area contributed by atoms with Crippen LogP contribution < -0.4 is 5.32 Å². The van der Waals surface area contributed by atoms with Gasteiger partial charge in [0.05, 0.1) is 28.5 Å². The zero-order chi connectivity index (χ0) is 25.5. The van der Waals surface area contributed by atoms with Crippen LogP contribution in [0.1, 0.15) is 56.2 Å². The Labute approximate surface area is 209 Å². The molecule has 0 atom stereocenters. The smallest absolute Gasteiger partial charge is 0.408 e. The largest absolute Gasteiger partial charge is 0.475 e. The number of hydrogen-bond donors (Lipinski definition) is 2. The maximum atomic E-state index is 12.5. The van der Waals surface area contributed by atoms with E-state index in [1.54, 1.807) is 6.20 Å². The third-order valence-corrected chi connectivity index (χ3v) is 6.44. The molecular weight excluding hydrogens is 456 g/mol. The van der Waals surface area contributed by atoms with Gasteiger partial charge < -0.3 is 19.7 Å². The lowest BCUT2D eigenvalue weighted by Crippen LogP contribution is -2.52. The van der Waals surface area contributed by atoms with Crippen molar-refractivity contribution in [2.45, 2.75) is 51.2 Å². The number of rotatable bonds is 5. The van der Waals surface area contributed by atoms with E-state index in [2.05, 4.69) is 15.3 Å². The van der Waals surface area contributed by atoms with Crippen LogP contribution in [0.25, 0.3) is 28.0 Å². The number of aromatic carboxylic acids is 1. The SMILES string of the molecule is CC(C)(C)OC(=O)NC1(c2ccc(-n3c(-c4ccccc4)cc4nc(C(=O)O)ncc43)cc2)CCC1. The van der Waals surface area contributed by atoms with Gasteiger partial charge in [-0.2, -0.15) is 0 Å². The number of aromatic nitrogens is 3. The van der Waals surface area contributed by atoms with E-state index in [0.717, 1.165) is 41.8 Å². The van der Waals surface area contributed by atoms with Gasteiger partial charge in [-0.25, -0.2) is 19.6 Å². The summed E-state index contributed by atoms with van der Waals surface area (Å²) in [4.78, 5) is 32.3. The normalized spacial score (nSPS) is 14.8. The summed E-state index contributed by atoms with van der Waals surface area (Å²) in [6, 6.07) is 19.8. The van der Waals surface area contributed by atoms with Crippen LogP contribution in [0.2, 0.25) is 0 Å². The number of alkyl carbamates (subject to hydrolysis) is 1. The number of carbonyl (C=O) groups is 2. The van der Waals surface area contributed by atoms with Crippen molar-refractivity contribution in [2.24, 2.45) is 0 Å². The molecule has 1 saturated carbocycles. The summed E-state index contributed by atoms with van der Waals surface area (Å²) in [6.45, 7) is 5.55. The molecule has 0 spiro atoms. The van der Waals surface area contributed by atoms with Gasteiger partial charge in [0, 0.05) is 5.69 Å². The molecule has 0 radical (unpaired) electrons. The van der Waals surface area contributed by atoms with E-state index in [1.807, 2.05) is 86.0 Å². The first-order valence-corrected chi connectivity index (χ1v) is 11.9. The molecule has 0 aliphatic heterocycles. The number of benzene rings is 2. The highest BCUT2D eigenvalue weighted by Gasteiger charge is 2.41. The van der Waals surface area contributed by atoms with Gasteiger partial charge in [0.2, 0.25) is 5.82 Å². The fourth-order valence-corrected chi connectivity index (χ4v) is 4.64. The van der Waals surface area contributed by atoms with Crippen LogP contribution in [0.4, 0.5) is 4.79 Å². The summed E-state index contributed by atoms with van der Waals surface area (Å²) in [5.41, 5.74) is 3.99. The predicted molar refractivity (Wildman–Crippen MR) is 136 cm³/mol. The Morgan fingerprint density at radius 1 is 1.06 bits per heavy atom. The van der Waals surface area contributed by atoms with Crippen LogP contribution in [0.3, 0.4) is 0 Å². The molecule has 2 N–H and O–H groups in total. The van der Waals surface area contributed by atoms with Crippen molar-refractivity contribution in [2.75, 3.05) is 0 Å². The number of hydrogen-bond acceptors (Lipinski definition) is 5. The topological polar surface area (TPSA) is 106 Å². The van der Waals surface area contributed by atoms with Crippen LogP contribution >= 0.6 is 0 Å². The standard InChI is InChI=1S/C28H28N4O4/c1-27(2,3)36-26(35)31-28(14-7-15-28)19-10-12-20(13-11-19)32-22(18-8-5-4-6-9-18)16-21-23(32)17-29-24(30-21)25(33)34/h4-6,8-13,16-17H,7,14-15H2,1-3H3,(H,31,35)(H,33,34). The summed E-state index contributed by atoms with van der Waals surface area (Å²) in [6.07, 6.45) is 3.85. The van der Waals surface area contributed by atoms with Crippen molar-refractivity contribution >= 4 is 23.1 Å². The molecule has 1 aliphatic carbocycles. The Balaban J connectivity index is 1.54. The van der Waals surface area contributed by atoms with Crippen LogP contribution in [-0.2, 0) is 10.3 Å². The average Bonchev–Trinajstić information content (AvgIpc) is 3.20. The third kappa shape index (κ3) is 4.42. The molecule has 0 bridgehead atoms. The summed E-state index contributed by atoms with van der Waals surface area (Å²) in [5, 5.41) is 12.4. The van der Waals surface area contributed by atoms with Gasteiger partial charge >= 0.3 is 12.1 Å². The van der Waals surface area contributed by atoms with Crippen molar-refractivity contribution < 1.29 is 19.4 Å². The quantitative estimate of drug-likeness (QED) is 0.377. The van der Waals surface area contributed by atoms with Crippen molar-refractivity contribution in [3.8, 4) is 16.9 Å². The van der Waals surface area contributed by atoms with E-state index in [9.17, 15) is 14.7 Å². The molecule has 36 heavy (non-hydrogen) atoms. The van der Waals surface area contributed by atoms with Crippen LogP contribution in [0, 0.1) is 0 Å². The molecule has 8 heteroatoms. The molecule has 1 aliphatic rings. The summed E-state index contributed by atoms with van der Waals surface area (Å²) >= 11 is 0. The molecular formula is C28H28N4O4. The molecule has 0 unspecified atom stereocenters. The number of ether oxygens (including phenoxy) is 1. The summed E-state index contributed by atoms with van der Waals surface area (Å²) in [7, 11) is 0. The molecule has 0 saturated heterocycles. The first-order chi connectivity index (χ1) is 17.2. The number of carbonyl (C=O) groups excluding carboxylic acids is 1. The van der Waals surface area contributed by atoms with Gasteiger partial charge in [0.25, 0.3) is 0 Å². The Morgan fingerprint density at radius 3 is 2.33 bits per heavy atom. The summed E-state index contributed by atoms with van der Waals surface area (Å²) in [5.74, 6) is -1.41. The summed E-state index contributed by atoms with van der Waals surface area (Å²) < 4.78 is 7.53. The zero-order valence-electron chi connectivity index (χ0n) is 20.5. The molecule has 2 heterocycles. The second-order valence-corrected chi connectivity index (χ2v) is 10.1. The third-order valence-electron chi connectivity index (χ3n) is 6.44. The minimum absolute atomic E-state index is 0.241. The predicted octanol–water partition coefficient (Wildman–Crippen LogP) is 5.69. The van der Waals surface area contributed by atoms with Gasteiger partial charge in [-0.05, 0) is 69.4 Å². The van der Waals surface area contributed by atoms with E-state index in [0.29, 0.717) is 11.0 Å². The fraction of sp³-hybridized carbons (Fsp3) is 0.286. The first kappa shape index (κ1) is 23.5. The van der Waals surface area contributed by atoms with Gasteiger partial charge in [0.1, 0.15) is 5.60 Å². The fourth-order valence-electron chi connectivity index (χ4n) is 4.64. The second-order valence-electron chi connectivity index (χ2n) is 10.1. The van der Waals surface area contributed by atoms with Crippen LogP contribution in [0.5, 0.6) is 0 Å². The number of carboxylic acids is 1. The van der Waals surface area contributed by atoms with Crippen molar-refractivity contribution in [1.82, 2.24) is 19.9 Å². The minimum atomic E-state index is -1.17. The highest BCUT2D eigenvalue weighted by Crippen LogP contribution is 2.42. The Kier molecular flexibility index (Phi) is 5.74. The monoisotopic (exact) mass is 484 g/mol. The molecule has 2 aromatic carbocycles. The molecule has 2 aromatic heterocycles. The second kappa shape index (κ2) is 8.78. The Morgan fingerprint density at radius 2 is 1.75 bits per heavy atom. The van der Waals surface area contributed by atoms with E-state index >= 15 is 0 Å². The number of nitrogens with zero attached hydrogens (tertiary/aromatic N) is 3. The maximum Gasteiger partial charge on any atom is 0.408 e. The first-order valence-electron chi connectivity index (χ1n) is 11.9. The van der Waals surface area contributed by atoms with E-state index in [-0.39, 0.29) is 5.82 Å². The molecule has 1 fully saturated rings. The number of fused-ring (bicyclic) bond motifs is 1. The lowest BCUT2D eigenvalue weighted by atomic mass is 9.72. The maximum absolute atomic E-state index is 12.5. The van der Waals surface area contributed by atoms with Gasteiger partial charge in [-0.15, -0.1) is 0 Å². The zero-order valence-corrected chi connectivity index (χ0v) is 20.5. The van der Waals surface area contributed by atoms with Crippen LogP contribution in [0.15, 0.2) is 66.9 Å². The van der Waals surface area contributed by atoms with E-state index in [4.69, 9.17) is 4.74 Å². The lowest BCUT2D eigenvalue weighted by Gasteiger charge is -2.43. The van der Waals surface area contributed by atoms with E-state index < -0.39 is 23.2 Å². The van der Waals surface area contributed by atoms with Crippen LogP contribution in [-0.4, -0.2) is 37.3 Å². The molecule has 1 amide bonds. The van der Waals surface area contributed by atoms with Gasteiger partial charge in [0.15, 0.2) is 0 Å². The minimum Gasteiger partial charge on any atom is -0.475 e. The molecule has 8 nitrogen and oxygen atoms in total. The van der Waals surface area contributed by atoms with Gasteiger partial charge in [-0.1, -0.05) is 42.5 Å².